The number of rotatable bonds is 4. The van der Waals surface area contributed by atoms with Gasteiger partial charge in [0.25, 0.3) is 0 Å². The van der Waals surface area contributed by atoms with Gasteiger partial charge in [-0.3, -0.25) is 4.79 Å². The predicted molar refractivity (Wildman–Crippen MR) is 135 cm³/mol. The highest BCUT2D eigenvalue weighted by Gasteiger charge is 2.31. The Kier molecular flexibility index (Phi) is 5.72. The van der Waals surface area contributed by atoms with Crippen LogP contribution < -0.4 is 10.2 Å². The van der Waals surface area contributed by atoms with Crippen molar-refractivity contribution in [3.8, 4) is 23.0 Å². The molecule has 0 saturated carbocycles. The van der Waals surface area contributed by atoms with Crippen molar-refractivity contribution in [2.45, 2.75) is 60.0 Å². The van der Waals surface area contributed by atoms with Gasteiger partial charge in [0.1, 0.15) is 33.8 Å². The summed E-state index contributed by atoms with van der Waals surface area (Å²) in [5.74, 6) is -0.305. The van der Waals surface area contributed by atoms with Gasteiger partial charge in [-0.15, -0.1) is 0 Å². The second kappa shape index (κ2) is 8.28. The lowest BCUT2D eigenvalue weighted by Gasteiger charge is -2.30. The van der Waals surface area contributed by atoms with E-state index in [0.717, 1.165) is 11.1 Å². The molecule has 34 heavy (non-hydrogen) atoms. The van der Waals surface area contributed by atoms with Crippen LogP contribution in [0.5, 0.6) is 23.0 Å². The lowest BCUT2D eigenvalue weighted by atomic mass is 9.94. The molecule has 0 unspecified atom stereocenters. The topological polar surface area (TPSA) is 100 Å². The molecule has 0 radical (unpaired) electrons. The Hall–Kier alpha value is -3.67. The Morgan fingerprint density at radius 1 is 0.941 bits per heavy atom. The first-order chi connectivity index (χ1) is 15.9. The van der Waals surface area contributed by atoms with Gasteiger partial charge in [0, 0.05) is 11.1 Å². The van der Waals surface area contributed by atoms with E-state index in [9.17, 15) is 20.1 Å². The molecule has 6 heteroatoms. The average molecular weight is 463 g/mol. The van der Waals surface area contributed by atoms with Gasteiger partial charge < -0.3 is 24.5 Å². The maximum absolute atomic E-state index is 13.6. The Labute approximate surface area is 198 Å². The van der Waals surface area contributed by atoms with E-state index in [0.29, 0.717) is 23.3 Å². The lowest BCUT2D eigenvalue weighted by molar-refractivity contribution is 0.157. The van der Waals surface area contributed by atoms with Gasteiger partial charge in [-0.05, 0) is 72.6 Å². The fraction of sp³-hybridized carbons (Fsp3) is 0.321. The molecule has 3 aromatic rings. The molecule has 6 nitrogen and oxygen atoms in total. The van der Waals surface area contributed by atoms with Crippen molar-refractivity contribution in [2.75, 3.05) is 0 Å². The molecule has 0 aliphatic carbocycles. The number of fused-ring (bicyclic) bond motifs is 3. The van der Waals surface area contributed by atoms with E-state index >= 15 is 0 Å². The van der Waals surface area contributed by atoms with Crippen LogP contribution in [0.3, 0.4) is 0 Å². The van der Waals surface area contributed by atoms with Crippen LogP contribution in [0.15, 0.2) is 44.7 Å². The van der Waals surface area contributed by atoms with Crippen molar-refractivity contribution in [2.24, 2.45) is 0 Å². The van der Waals surface area contributed by atoms with E-state index in [2.05, 4.69) is 0 Å². The zero-order valence-electron chi connectivity index (χ0n) is 20.4. The molecule has 0 fully saturated rings. The van der Waals surface area contributed by atoms with E-state index in [1.807, 2.05) is 59.8 Å². The molecule has 0 spiro atoms. The summed E-state index contributed by atoms with van der Waals surface area (Å²) in [5, 5.41) is 32.6. The largest absolute Gasteiger partial charge is 0.507 e. The number of ether oxygens (including phenoxy) is 1. The predicted octanol–water partition coefficient (Wildman–Crippen LogP) is 6.26. The summed E-state index contributed by atoms with van der Waals surface area (Å²) in [6.45, 7) is 11.6. The van der Waals surface area contributed by atoms with Crippen LogP contribution in [-0.4, -0.2) is 20.9 Å². The Balaban J connectivity index is 2.15. The minimum Gasteiger partial charge on any atom is -0.507 e. The quantitative estimate of drug-likeness (QED) is 0.312. The molecular formula is C28H30O6. The van der Waals surface area contributed by atoms with Gasteiger partial charge in [0.15, 0.2) is 11.3 Å². The minimum absolute atomic E-state index is 0.00657. The van der Waals surface area contributed by atoms with Crippen molar-refractivity contribution >= 4 is 28.0 Å². The van der Waals surface area contributed by atoms with Gasteiger partial charge in [-0.25, -0.2) is 0 Å². The average Bonchev–Trinajstić information content (AvgIpc) is 2.73. The van der Waals surface area contributed by atoms with E-state index in [4.69, 9.17) is 9.15 Å². The zero-order chi connectivity index (χ0) is 24.9. The standard InChI is InChI=1S/C28H30O6/c1-14(2)7-9-16-20(29)13-19-23(31)21-22(30)17-11-12-28(5,6)34-25(17)18(10-8-15(3)4)26(21)33-27(19)24(16)32/h7-8,11-13,29-30,32H,9-10H2,1-6H3. The minimum atomic E-state index is -0.616. The van der Waals surface area contributed by atoms with Crippen molar-refractivity contribution < 1.29 is 24.5 Å². The number of phenols is 3. The third-order valence-corrected chi connectivity index (χ3v) is 5.97. The smallest absolute Gasteiger partial charge is 0.204 e. The van der Waals surface area contributed by atoms with Crippen molar-refractivity contribution in [3.63, 3.8) is 0 Å². The fourth-order valence-electron chi connectivity index (χ4n) is 4.12. The SMILES string of the molecule is CC(C)=CCc1c(O)cc2c(=O)c3c(O)c4c(c(CC=C(C)C)c3oc2c1O)OC(C)(C)C=C4. The molecule has 0 saturated heterocycles. The summed E-state index contributed by atoms with van der Waals surface area (Å²) in [4.78, 5) is 13.6. The Morgan fingerprint density at radius 3 is 2.18 bits per heavy atom. The summed E-state index contributed by atoms with van der Waals surface area (Å²) in [5.41, 5.74) is 2.35. The summed E-state index contributed by atoms with van der Waals surface area (Å²) in [7, 11) is 0. The Bertz CT molecular complexity index is 1470. The third kappa shape index (κ3) is 3.94. The van der Waals surface area contributed by atoms with E-state index in [1.54, 1.807) is 6.08 Å². The summed E-state index contributed by atoms with van der Waals surface area (Å²) in [6, 6.07) is 1.29. The molecular weight excluding hydrogens is 432 g/mol. The van der Waals surface area contributed by atoms with Crippen LogP contribution in [0.2, 0.25) is 0 Å². The molecule has 4 rings (SSSR count). The molecule has 178 valence electrons. The maximum Gasteiger partial charge on any atom is 0.204 e. The normalized spacial score (nSPS) is 14.1. The van der Waals surface area contributed by atoms with E-state index in [-0.39, 0.29) is 51.2 Å². The summed E-state index contributed by atoms with van der Waals surface area (Å²) < 4.78 is 12.4. The van der Waals surface area contributed by atoms with Crippen LogP contribution in [0.4, 0.5) is 0 Å². The summed E-state index contributed by atoms with van der Waals surface area (Å²) >= 11 is 0. The first-order valence-electron chi connectivity index (χ1n) is 11.3. The van der Waals surface area contributed by atoms with Gasteiger partial charge in [-0.2, -0.15) is 0 Å². The van der Waals surface area contributed by atoms with Gasteiger partial charge in [-0.1, -0.05) is 23.3 Å². The van der Waals surface area contributed by atoms with Crippen LogP contribution in [0.1, 0.15) is 58.2 Å². The van der Waals surface area contributed by atoms with Gasteiger partial charge in [0.2, 0.25) is 5.43 Å². The van der Waals surface area contributed by atoms with Crippen LogP contribution in [0.25, 0.3) is 28.0 Å². The molecule has 1 aromatic heterocycles. The summed E-state index contributed by atoms with van der Waals surface area (Å²) in [6.07, 6.45) is 8.11. The molecule has 1 aliphatic heterocycles. The zero-order valence-corrected chi connectivity index (χ0v) is 20.4. The highest BCUT2D eigenvalue weighted by atomic mass is 16.5. The molecule has 0 atom stereocenters. The highest BCUT2D eigenvalue weighted by molar-refractivity contribution is 6.01. The molecule has 2 aromatic carbocycles. The Morgan fingerprint density at radius 2 is 1.56 bits per heavy atom. The lowest BCUT2D eigenvalue weighted by Crippen LogP contribution is -2.28. The second-order valence-electron chi connectivity index (χ2n) is 9.81. The van der Waals surface area contributed by atoms with Crippen molar-refractivity contribution in [1.29, 1.82) is 0 Å². The molecule has 1 aliphatic rings. The number of allylic oxidation sites excluding steroid dienone is 4. The molecule has 3 N–H and O–H groups in total. The van der Waals surface area contributed by atoms with Crippen molar-refractivity contribution in [1.82, 2.24) is 0 Å². The fourth-order valence-corrected chi connectivity index (χ4v) is 4.12. The molecule has 2 heterocycles. The van der Waals surface area contributed by atoms with Gasteiger partial charge in [0.05, 0.1) is 10.9 Å². The van der Waals surface area contributed by atoms with E-state index < -0.39 is 11.0 Å². The molecule has 0 amide bonds. The number of benzene rings is 2. The molecule has 0 bridgehead atoms. The maximum atomic E-state index is 13.6. The number of hydrogen-bond donors (Lipinski definition) is 3. The van der Waals surface area contributed by atoms with Crippen LogP contribution in [0, 0.1) is 0 Å². The highest BCUT2D eigenvalue weighted by Crippen LogP contribution is 2.46. The number of phenolic OH excluding ortho intramolecular Hbond substituents is 3. The number of hydrogen-bond acceptors (Lipinski definition) is 6. The van der Waals surface area contributed by atoms with Gasteiger partial charge >= 0.3 is 0 Å². The first-order valence-corrected chi connectivity index (χ1v) is 11.3. The second-order valence-corrected chi connectivity index (χ2v) is 9.81. The third-order valence-electron chi connectivity index (χ3n) is 5.97. The van der Waals surface area contributed by atoms with Crippen molar-refractivity contribution in [3.05, 3.63) is 62.4 Å². The first kappa shape index (κ1) is 23.5. The number of aromatic hydroxyl groups is 3. The van der Waals surface area contributed by atoms with Crippen LogP contribution in [-0.2, 0) is 12.8 Å². The van der Waals surface area contributed by atoms with Crippen LogP contribution >= 0.6 is 0 Å². The van der Waals surface area contributed by atoms with E-state index in [1.165, 1.54) is 6.07 Å². The monoisotopic (exact) mass is 462 g/mol.